The number of carbonyl (C=O) groups excluding carboxylic acids is 2. The number of aliphatic hydroxyl groups is 1. The smallest absolute Gasteiger partial charge is 0.414 e. The zero-order valence-corrected chi connectivity index (χ0v) is 23.8. The van der Waals surface area contributed by atoms with Crippen molar-refractivity contribution in [2.24, 2.45) is 0 Å². The summed E-state index contributed by atoms with van der Waals surface area (Å²) < 4.78 is 17.1. The molecule has 0 saturated heterocycles. The largest absolute Gasteiger partial charge is 0.489 e. The number of benzene rings is 1. The van der Waals surface area contributed by atoms with E-state index in [1.165, 1.54) is 23.3 Å². The number of hydrogen-bond acceptors (Lipinski definition) is 8. The predicted molar refractivity (Wildman–Crippen MR) is 147 cm³/mol. The maximum atomic E-state index is 12.6. The fraction of sp³-hybridized carbons (Fsp3) is 0.607. The first-order chi connectivity index (χ1) is 18.1. The molecule has 1 aromatic heterocycles. The average Bonchev–Trinajstić information content (AvgIpc) is 3.30. The number of fused-ring (bicyclic) bond motifs is 1. The van der Waals surface area contributed by atoms with Crippen LogP contribution in [0.2, 0.25) is 0 Å². The van der Waals surface area contributed by atoms with E-state index < -0.39 is 11.7 Å². The molecule has 0 spiro atoms. The minimum absolute atomic E-state index is 0.0371. The normalized spacial score (nSPS) is 17.4. The van der Waals surface area contributed by atoms with Crippen molar-refractivity contribution in [3.63, 3.8) is 0 Å². The van der Waals surface area contributed by atoms with E-state index >= 15 is 0 Å². The molecule has 1 fully saturated rings. The van der Waals surface area contributed by atoms with Gasteiger partial charge in [0.15, 0.2) is 0 Å². The van der Waals surface area contributed by atoms with Gasteiger partial charge in [0.05, 0.1) is 36.2 Å². The minimum Gasteiger partial charge on any atom is -0.489 e. The van der Waals surface area contributed by atoms with Crippen molar-refractivity contribution in [1.29, 1.82) is 0 Å². The highest BCUT2D eigenvalue weighted by atomic mass is 32.1. The molecule has 0 unspecified atom stereocenters. The van der Waals surface area contributed by atoms with Crippen molar-refractivity contribution >= 4 is 29.2 Å². The Kier molecular flexibility index (Phi) is 8.82. The van der Waals surface area contributed by atoms with Gasteiger partial charge in [-0.25, -0.2) is 14.6 Å². The Balaban J connectivity index is 1.59. The van der Waals surface area contributed by atoms with Gasteiger partial charge in [-0.1, -0.05) is 0 Å². The van der Waals surface area contributed by atoms with Gasteiger partial charge in [-0.3, -0.25) is 4.90 Å². The standard InChI is InChI=1S/C28H39N3O6S/c1-18-9-10-21-23(31(18)27(34)35-5)12-11-20(25(21)36-19-7-6-8-19)22-17-38-24(29-22)13-14-30(15-16-32)26(33)37-28(2,3)4/h11-12,17-19,32H,6-10,13-16H2,1-5H3/t18-/m0/s1. The molecule has 1 saturated carbocycles. The maximum absolute atomic E-state index is 12.6. The SMILES string of the molecule is COC(=O)N1c2ccc(-c3csc(CCN(CCO)C(=O)OC(C)(C)C)n3)c(OC3CCC3)c2CC[C@@H]1C. The molecule has 1 atom stereocenters. The molecular formula is C28H39N3O6S. The molecule has 1 aliphatic heterocycles. The number of aliphatic hydroxyl groups excluding tert-OH is 1. The molecule has 10 heteroatoms. The fourth-order valence-electron chi connectivity index (χ4n) is 4.69. The third-order valence-electron chi connectivity index (χ3n) is 6.90. The van der Waals surface area contributed by atoms with Gasteiger partial charge >= 0.3 is 12.2 Å². The summed E-state index contributed by atoms with van der Waals surface area (Å²) in [5.41, 5.74) is 2.98. The van der Waals surface area contributed by atoms with Crippen molar-refractivity contribution < 1.29 is 28.9 Å². The molecule has 0 bridgehead atoms. The molecule has 2 aliphatic rings. The van der Waals surface area contributed by atoms with Crippen LogP contribution in [0.15, 0.2) is 17.5 Å². The number of ether oxygens (including phenoxy) is 3. The molecular weight excluding hydrogens is 506 g/mol. The van der Waals surface area contributed by atoms with Gasteiger partial charge in [-0.15, -0.1) is 11.3 Å². The average molecular weight is 546 g/mol. The van der Waals surface area contributed by atoms with Gasteiger partial charge in [0.25, 0.3) is 0 Å². The van der Waals surface area contributed by atoms with Crippen molar-refractivity contribution in [2.75, 3.05) is 31.7 Å². The number of amides is 2. The summed E-state index contributed by atoms with van der Waals surface area (Å²) in [5.74, 6) is 0.806. The van der Waals surface area contributed by atoms with E-state index in [2.05, 4.69) is 0 Å². The van der Waals surface area contributed by atoms with Crippen molar-refractivity contribution in [2.45, 2.75) is 84.0 Å². The van der Waals surface area contributed by atoms with Gasteiger partial charge in [-0.05, 0) is 71.9 Å². The number of rotatable bonds is 8. The number of aromatic nitrogens is 1. The third kappa shape index (κ3) is 6.40. The number of methoxy groups -OCH3 is 1. The van der Waals surface area contributed by atoms with E-state index in [1.54, 1.807) is 4.90 Å². The Morgan fingerprint density at radius 1 is 1.21 bits per heavy atom. The Bertz CT molecular complexity index is 1140. The second-order valence-electron chi connectivity index (χ2n) is 10.9. The third-order valence-corrected chi connectivity index (χ3v) is 7.81. The van der Waals surface area contributed by atoms with Crippen LogP contribution in [-0.2, 0) is 22.3 Å². The summed E-state index contributed by atoms with van der Waals surface area (Å²) in [6.07, 6.45) is 4.73. The summed E-state index contributed by atoms with van der Waals surface area (Å²) in [6, 6.07) is 3.99. The van der Waals surface area contributed by atoms with Crippen molar-refractivity contribution in [1.82, 2.24) is 9.88 Å². The monoisotopic (exact) mass is 545 g/mol. The first-order valence-corrected chi connectivity index (χ1v) is 14.2. The van der Waals surface area contributed by atoms with Crippen LogP contribution in [0.4, 0.5) is 15.3 Å². The van der Waals surface area contributed by atoms with Crippen LogP contribution in [0.3, 0.4) is 0 Å². The molecule has 2 aromatic rings. The predicted octanol–water partition coefficient (Wildman–Crippen LogP) is 5.42. The molecule has 2 amide bonds. The summed E-state index contributed by atoms with van der Waals surface area (Å²) in [6.45, 7) is 7.95. The van der Waals surface area contributed by atoms with Crippen LogP contribution in [-0.4, -0.2) is 71.7 Å². The number of thiazole rings is 1. The zero-order chi connectivity index (χ0) is 27.4. The highest BCUT2D eigenvalue weighted by Gasteiger charge is 2.33. The molecule has 38 heavy (non-hydrogen) atoms. The summed E-state index contributed by atoms with van der Waals surface area (Å²) >= 11 is 1.53. The first-order valence-electron chi connectivity index (χ1n) is 13.3. The lowest BCUT2D eigenvalue weighted by Gasteiger charge is -2.36. The van der Waals surface area contributed by atoms with Crippen molar-refractivity contribution in [3.05, 3.63) is 28.1 Å². The Labute approximate surface area is 228 Å². The lowest BCUT2D eigenvalue weighted by Crippen LogP contribution is -2.42. The van der Waals surface area contributed by atoms with Crippen LogP contribution in [0.5, 0.6) is 5.75 Å². The molecule has 0 radical (unpaired) electrons. The number of carbonyl (C=O) groups is 2. The van der Waals surface area contributed by atoms with E-state index in [0.717, 1.165) is 65.4 Å². The highest BCUT2D eigenvalue weighted by Crippen LogP contribution is 2.44. The molecule has 1 N–H and O–H groups in total. The van der Waals surface area contributed by atoms with Crippen LogP contribution < -0.4 is 9.64 Å². The molecule has 9 nitrogen and oxygen atoms in total. The van der Waals surface area contributed by atoms with E-state index in [0.29, 0.717) is 13.0 Å². The topological polar surface area (TPSA) is 101 Å². The lowest BCUT2D eigenvalue weighted by atomic mass is 9.92. The van der Waals surface area contributed by atoms with Gasteiger partial charge in [0.1, 0.15) is 11.4 Å². The van der Waals surface area contributed by atoms with Gasteiger partial charge < -0.3 is 24.2 Å². The van der Waals surface area contributed by atoms with Gasteiger partial charge in [-0.2, -0.15) is 0 Å². The number of nitrogens with zero attached hydrogens (tertiary/aromatic N) is 3. The Morgan fingerprint density at radius 3 is 2.61 bits per heavy atom. The second-order valence-corrected chi connectivity index (χ2v) is 11.8. The van der Waals surface area contributed by atoms with E-state index in [1.807, 2.05) is 45.2 Å². The molecule has 1 aliphatic carbocycles. The number of anilines is 1. The van der Waals surface area contributed by atoms with E-state index in [-0.39, 0.29) is 31.4 Å². The Hall–Kier alpha value is -2.85. The zero-order valence-electron chi connectivity index (χ0n) is 23.0. The summed E-state index contributed by atoms with van der Waals surface area (Å²) in [4.78, 5) is 33.3. The second kappa shape index (κ2) is 11.9. The number of hydrogen-bond donors (Lipinski definition) is 1. The lowest BCUT2D eigenvalue weighted by molar-refractivity contribution is 0.0221. The van der Waals surface area contributed by atoms with Crippen LogP contribution in [0.25, 0.3) is 11.3 Å². The van der Waals surface area contributed by atoms with Gasteiger partial charge in [0, 0.05) is 42.1 Å². The van der Waals surface area contributed by atoms with Crippen LogP contribution >= 0.6 is 11.3 Å². The molecule has 208 valence electrons. The summed E-state index contributed by atoms with van der Waals surface area (Å²) in [5, 5.41) is 12.3. The molecule has 4 rings (SSSR count). The Morgan fingerprint density at radius 2 is 1.97 bits per heavy atom. The van der Waals surface area contributed by atoms with Crippen LogP contribution in [0, 0.1) is 0 Å². The van der Waals surface area contributed by atoms with E-state index in [9.17, 15) is 14.7 Å². The summed E-state index contributed by atoms with van der Waals surface area (Å²) in [7, 11) is 1.41. The van der Waals surface area contributed by atoms with E-state index in [4.69, 9.17) is 19.2 Å². The van der Waals surface area contributed by atoms with Gasteiger partial charge in [0.2, 0.25) is 0 Å². The molecule has 2 heterocycles. The molecule has 1 aromatic carbocycles. The minimum atomic E-state index is -0.607. The first kappa shape index (κ1) is 28.2. The fourth-order valence-corrected chi connectivity index (χ4v) is 5.48. The highest BCUT2D eigenvalue weighted by molar-refractivity contribution is 7.09. The van der Waals surface area contributed by atoms with Crippen molar-refractivity contribution in [3.8, 4) is 17.0 Å². The quantitative estimate of drug-likeness (QED) is 0.473. The maximum Gasteiger partial charge on any atom is 0.414 e. The van der Waals surface area contributed by atoms with Crippen LogP contribution in [0.1, 0.15) is 63.9 Å².